The Balaban J connectivity index is 2.48. The van der Waals surface area contributed by atoms with Crippen LogP contribution in [-0.2, 0) is 16.4 Å². The van der Waals surface area contributed by atoms with E-state index in [4.69, 9.17) is 0 Å². The first-order valence-electron chi connectivity index (χ1n) is 6.57. The first kappa shape index (κ1) is 16.6. The molecule has 0 aliphatic rings. The Morgan fingerprint density at radius 2 is 1.95 bits per heavy atom. The van der Waals surface area contributed by atoms with Crippen LogP contribution in [0.15, 0.2) is 16.8 Å². The van der Waals surface area contributed by atoms with Crippen LogP contribution >= 0.6 is 11.3 Å². The minimum atomic E-state index is -3.27. The number of nitrogens with one attached hydrogen (secondary N) is 2. The molecule has 6 heteroatoms. The third kappa shape index (κ3) is 6.03. The number of rotatable bonds is 8. The molecule has 0 aliphatic heterocycles. The van der Waals surface area contributed by atoms with E-state index < -0.39 is 15.3 Å². The van der Waals surface area contributed by atoms with Crippen LogP contribution < -0.4 is 10.0 Å². The fraction of sp³-hybridized carbons (Fsp3) is 0.692. The maximum atomic E-state index is 12.1. The minimum Gasteiger partial charge on any atom is -0.313 e. The van der Waals surface area contributed by atoms with Crippen molar-refractivity contribution in [3.63, 3.8) is 0 Å². The second-order valence-corrected chi connectivity index (χ2v) is 8.18. The van der Waals surface area contributed by atoms with Crippen molar-refractivity contribution in [2.75, 3.05) is 6.54 Å². The molecular formula is C13H24N2O2S2. The molecule has 1 rings (SSSR count). The summed E-state index contributed by atoms with van der Waals surface area (Å²) in [7, 11) is -3.27. The van der Waals surface area contributed by atoms with E-state index in [0.29, 0.717) is 12.6 Å². The third-order valence-corrected chi connectivity index (χ3v) is 5.52. The highest BCUT2D eigenvalue weighted by atomic mass is 32.2. The van der Waals surface area contributed by atoms with Crippen LogP contribution in [0.25, 0.3) is 0 Å². The van der Waals surface area contributed by atoms with Crippen LogP contribution in [0.2, 0.25) is 0 Å². The lowest BCUT2D eigenvalue weighted by Crippen LogP contribution is -2.44. The van der Waals surface area contributed by atoms with Gasteiger partial charge in [-0.15, -0.1) is 0 Å². The van der Waals surface area contributed by atoms with Gasteiger partial charge in [0.15, 0.2) is 0 Å². The summed E-state index contributed by atoms with van der Waals surface area (Å²) in [5, 5.41) is 6.78. The number of thiophene rings is 1. The Hall–Kier alpha value is -0.430. The zero-order valence-corrected chi connectivity index (χ0v) is 13.6. The van der Waals surface area contributed by atoms with E-state index in [-0.39, 0.29) is 6.04 Å². The SMILES string of the molecule is CC(C)NCC(C)S(=O)(=O)NC(C)Cc1ccsc1. The smallest absolute Gasteiger partial charge is 0.215 e. The highest BCUT2D eigenvalue weighted by molar-refractivity contribution is 7.90. The van der Waals surface area contributed by atoms with E-state index in [1.807, 2.05) is 32.2 Å². The molecular weight excluding hydrogens is 280 g/mol. The van der Waals surface area contributed by atoms with E-state index in [9.17, 15) is 8.42 Å². The van der Waals surface area contributed by atoms with Gasteiger partial charge in [-0.05, 0) is 42.7 Å². The number of sulfonamides is 1. The van der Waals surface area contributed by atoms with Crippen LogP contribution in [0.5, 0.6) is 0 Å². The standard InChI is InChI=1S/C13H24N2O2S2/c1-10(2)14-8-12(4)19(16,17)15-11(3)7-13-5-6-18-9-13/h5-6,9-12,14-15H,7-8H2,1-4H3. The van der Waals surface area contributed by atoms with Gasteiger partial charge in [0.25, 0.3) is 0 Å². The molecule has 2 unspecified atom stereocenters. The summed E-state index contributed by atoms with van der Waals surface area (Å²) >= 11 is 1.63. The van der Waals surface area contributed by atoms with Gasteiger partial charge < -0.3 is 5.32 Å². The number of hydrogen-bond acceptors (Lipinski definition) is 4. The molecule has 0 fully saturated rings. The first-order valence-corrected chi connectivity index (χ1v) is 9.05. The van der Waals surface area contributed by atoms with Crippen molar-refractivity contribution >= 4 is 21.4 Å². The van der Waals surface area contributed by atoms with Gasteiger partial charge in [0.2, 0.25) is 10.0 Å². The summed E-state index contributed by atoms with van der Waals surface area (Å²) in [6.07, 6.45) is 0.729. The van der Waals surface area contributed by atoms with Crippen LogP contribution in [0.4, 0.5) is 0 Å². The lowest BCUT2D eigenvalue weighted by atomic mass is 10.1. The van der Waals surface area contributed by atoms with Crippen LogP contribution in [0.3, 0.4) is 0 Å². The third-order valence-electron chi connectivity index (χ3n) is 2.83. The van der Waals surface area contributed by atoms with Crippen LogP contribution in [0, 0.1) is 0 Å². The zero-order chi connectivity index (χ0) is 14.5. The predicted molar refractivity (Wildman–Crippen MR) is 82.1 cm³/mol. The molecule has 0 bridgehead atoms. The summed E-state index contributed by atoms with van der Waals surface area (Å²) in [6.45, 7) is 8.11. The van der Waals surface area contributed by atoms with Gasteiger partial charge in [-0.1, -0.05) is 13.8 Å². The van der Waals surface area contributed by atoms with E-state index in [0.717, 1.165) is 6.42 Å². The van der Waals surface area contributed by atoms with Gasteiger partial charge in [0, 0.05) is 18.6 Å². The molecule has 0 radical (unpaired) electrons. The fourth-order valence-electron chi connectivity index (χ4n) is 1.71. The van der Waals surface area contributed by atoms with Crippen molar-refractivity contribution in [1.82, 2.24) is 10.0 Å². The molecule has 0 aromatic carbocycles. The summed E-state index contributed by atoms with van der Waals surface area (Å²) in [5.74, 6) is 0. The van der Waals surface area contributed by atoms with E-state index >= 15 is 0 Å². The average Bonchev–Trinajstić information content (AvgIpc) is 2.77. The van der Waals surface area contributed by atoms with E-state index in [1.54, 1.807) is 18.3 Å². The van der Waals surface area contributed by atoms with Gasteiger partial charge in [0.05, 0.1) is 5.25 Å². The average molecular weight is 304 g/mol. The maximum absolute atomic E-state index is 12.1. The van der Waals surface area contributed by atoms with Gasteiger partial charge in [-0.2, -0.15) is 11.3 Å². The highest BCUT2D eigenvalue weighted by Gasteiger charge is 2.22. The van der Waals surface area contributed by atoms with E-state index in [2.05, 4.69) is 15.4 Å². The minimum absolute atomic E-state index is 0.0823. The van der Waals surface area contributed by atoms with Crippen molar-refractivity contribution in [3.05, 3.63) is 22.4 Å². The molecule has 0 saturated carbocycles. The van der Waals surface area contributed by atoms with Crippen molar-refractivity contribution < 1.29 is 8.42 Å². The largest absolute Gasteiger partial charge is 0.313 e. The fourth-order valence-corrected chi connectivity index (χ4v) is 3.59. The van der Waals surface area contributed by atoms with Gasteiger partial charge in [-0.25, -0.2) is 13.1 Å². The molecule has 110 valence electrons. The first-order chi connectivity index (χ1) is 8.81. The Morgan fingerprint density at radius 1 is 1.26 bits per heavy atom. The lowest BCUT2D eigenvalue weighted by molar-refractivity contribution is 0.528. The monoisotopic (exact) mass is 304 g/mol. The highest BCUT2D eigenvalue weighted by Crippen LogP contribution is 2.10. The quantitative estimate of drug-likeness (QED) is 0.772. The molecule has 0 amide bonds. The van der Waals surface area contributed by atoms with Crippen LogP contribution in [-0.4, -0.2) is 32.3 Å². The topological polar surface area (TPSA) is 58.2 Å². The maximum Gasteiger partial charge on any atom is 0.215 e. The second-order valence-electron chi connectivity index (χ2n) is 5.27. The Morgan fingerprint density at radius 3 is 2.47 bits per heavy atom. The van der Waals surface area contributed by atoms with Gasteiger partial charge in [0.1, 0.15) is 0 Å². The van der Waals surface area contributed by atoms with Gasteiger partial charge >= 0.3 is 0 Å². The van der Waals surface area contributed by atoms with Crippen LogP contribution in [0.1, 0.15) is 33.3 Å². The second kappa shape index (κ2) is 7.38. The lowest BCUT2D eigenvalue weighted by Gasteiger charge is -2.19. The van der Waals surface area contributed by atoms with Gasteiger partial charge in [-0.3, -0.25) is 0 Å². The van der Waals surface area contributed by atoms with Crippen molar-refractivity contribution in [3.8, 4) is 0 Å². The predicted octanol–water partition coefficient (Wildman–Crippen LogP) is 1.99. The number of hydrogen-bond donors (Lipinski definition) is 2. The van der Waals surface area contributed by atoms with Crippen molar-refractivity contribution in [2.24, 2.45) is 0 Å². The zero-order valence-electron chi connectivity index (χ0n) is 12.0. The molecule has 0 saturated heterocycles. The summed E-state index contributed by atoms with van der Waals surface area (Å²) in [4.78, 5) is 0. The van der Waals surface area contributed by atoms with Crippen molar-refractivity contribution in [2.45, 2.75) is 51.4 Å². The molecule has 1 aromatic heterocycles. The summed E-state index contributed by atoms with van der Waals surface area (Å²) in [5.41, 5.74) is 1.17. The molecule has 2 atom stereocenters. The Labute approximate surface area is 120 Å². The molecule has 2 N–H and O–H groups in total. The molecule has 4 nitrogen and oxygen atoms in total. The molecule has 1 heterocycles. The molecule has 0 spiro atoms. The molecule has 19 heavy (non-hydrogen) atoms. The Kier molecular flexibility index (Phi) is 6.46. The summed E-state index contributed by atoms with van der Waals surface area (Å²) < 4.78 is 27.0. The Bertz CT molecular complexity index is 455. The van der Waals surface area contributed by atoms with E-state index in [1.165, 1.54) is 5.56 Å². The molecule has 0 aliphatic carbocycles. The summed E-state index contributed by atoms with van der Waals surface area (Å²) in [6, 6.07) is 2.24. The molecule has 1 aromatic rings. The normalized spacial score (nSPS) is 15.6. The van der Waals surface area contributed by atoms with Crippen molar-refractivity contribution in [1.29, 1.82) is 0 Å².